The second kappa shape index (κ2) is 8.13. The van der Waals surface area contributed by atoms with Crippen LogP contribution in [0.1, 0.15) is 45.4 Å². The molecule has 0 radical (unpaired) electrons. The van der Waals surface area contributed by atoms with Crippen LogP contribution in [0.25, 0.3) is 0 Å². The van der Waals surface area contributed by atoms with Gasteiger partial charge >= 0.3 is 0 Å². The van der Waals surface area contributed by atoms with Crippen molar-refractivity contribution in [2.75, 3.05) is 27.2 Å². The molecule has 1 aromatic heterocycles. The summed E-state index contributed by atoms with van der Waals surface area (Å²) in [5.74, 6) is 0. The number of halogens is 1. The number of aliphatic hydroxyl groups excluding tert-OH is 1. The molecule has 122 valence electrons. The number of hydrogen-bond acceptors (Lipinski definition) is 4. The Morgan fingerprint density at radius 1 is 1.38 bits per heavy atom. The van der Waals surface area contributed by atoms with E-state index >= 15 is 0 Å². The summed E-state index contributed by atoms with van der Waals surface area (Å²) >= 11 is 6.26. The van der Waals surface area contributed by atoms with Crippen LogP contribution in [-0.4, -0.2) is 52.6 Å². The van der Waals surface area contributed by atoms with Crippen molar-refractivity contribution in [3.8, 4) is 0 Å². The third-order valence-corrected chi connectivity index (χ3v) is 4.27. The molecular formula is C15H28ClN3O2. The lowest BCUT2D eigenvalue weighted by molar-refractivity contribution is -0.130. The Bertz CT molecular complexity index is 431. The SMILES string of the molecule is CCOC(CC)(CC)C(O)c1c(Cl)cnn1CCN(C)C. The van der Waals surface area contributed by atoms with Gasteiger partial charge in [-0.05, 0) is 33.9 Å². The first-order valence-electron chi connectivity index (χ1n) is 7.59. The van der Waals surface area contributed by atoms with Crippen molar-refractivity contribution >= 4 is 11.6 Å². The molecule has 0 spiro atoms. The molecule has 1 atom stereocenters. The molecule has 0 amide bonds. The van der Waals surface area contributed by atoms with Crippen LogP contribution in [0.15, 0.2) is 6.20 Å². The largest absolute Gasteiger partial charge is 0.384 e. The molecule has 1 aromatic rings. The van der Waals surface area contributed by atoms with Gasteiger partial charge in [-0.1, -0.05) is 25.4 Å². The van der Waals surface area contributed by atoms with E-state index in [1.165, 1.54) is 0 Å². The minimum absolute atomic E-state index is 0.493. The molecule has 0 saturated heterocycles. The first kappa shape index (κ1) is 18.4. The van der Waals surface area contributed by atoms with Crippen LogP contribution in [0.5, 0.6) is 0 Å². The summed E-state index contributed by atoms with van der Waals surface area (Å²) < 4.78 is 7.67. The van der Waals surface area contributed by atoms with Gasteiger partial charge in [-0.15, -0.1) is 0 Å². The predicted molar refractivity (Wildman–Crippen MR) is 85.7 cm³/mol. The highest BCUT2D eigenvalue weighted by Gasteiger charge is 2.39. The number of hydrogen-bond donors (Lipinski definition) is 1. The van der Waals surface area contributed by atoms with Gasteiger partial charge in [0, 0.05) is 13.2 Å². The Kier molecular flexibility index (Phi) is 7.13. The molecule has 6 heteroatoms. The van der Waals surface area contributed by atoms with Gasteiger partial charge in [-0.2, -0.15) is 5.10 Å². The van der Waals surface area contributed by atoms with E-state index in [0.717, 1.165) is 6.54 Å². The Morgan fingerprint density at radius 3 is 2.48 bits per heavy atom. The molecule has 0 fully saturated rings. The maximum absolute atomic E-state index is 10.9. The fraction of sp³-hybridized carbons (Fsp3) is 0.800. The second-order valence-corrected chi connectivity index (χ2v) is 5.92. The normalized spacial score (nSPS) is 13.9. The van der Waals surface area contributed by atoms with Crippen LogP contribution in [0.4, 0.5) is 0 Å². The average Bonchev–Trinajstić information content (AvgIpc) is 2.83. The molecular weight excluding hydrogens is 290 g/mol. The highest BCUT2D eigenvalue weighted by Crippen LogP contribution is 2.38. The maximum atomic E-state index is 10.9. The lowest BCUT2D eigenvalue weighted by Gasteiger charge is -2.36. The van der Waals surface area contributed by atoms with Gasteiger partial charge in [-0.25, -0.2) is 0 Å². The van der Waals surface area contributed by atoms with E-state index in [-0.39, 0.29) is 0 Å². The van der Waals surface area contributed by atoms with Crippen LogP contribution < -0.4 is 0 Å². The molecule has 0 aliphatic heterocycles. The van der Waals surface area contributed by atoms with Crippen molar-refractivity contribution in [1.82, 2.24) is 14.7 Å². The number of aliphatic hydroxyl groups is 1. The van der Waals surface area contributed by atoms with E-state index in [0.29, 0.717) is 36.7 Å². The molecule has 1 N–H and O–H groups in total. The predicted octanol–water partition coefficient (Wildman–Crippen LogP) is 2.73. The highest BCUT2D eigenvalue weighted by atomic mass is 35.5. The van der Waals surface area contributed by atoms with Gasteiger partial charge in [0.25, 0.3) is 0 Å². The summed E-state index contributed by atoms with van der Waals surface area (Å²) in [4.78, 5) is 2.07. The van der Waals surface area contributed by atoms with E-state index in [4.69, 9.17) is 16.3 Å². The van der Waals surface area contributed by atoms with Gasteiger partial charge in [0.15, 0.2) is 0 Å². The molecule has 21 heavy (non-hydrogen) atoms. The lowest BCUT2D eigenvalue weighted by Crippen LogP contribution is -2.40. The van der Waals surface area contributed by atoms with Crippen molar-refractivity contribution in [2.45, 2.75) is 51.9 Å². The van der Waals surface area contributed by atoms with E-state index in [1.54, 1.807) is 10.9 Å². The van der Waals surface area contributed by atoms with Gasteiger partial charge in [-0.3, -0.25) is 4.68 Å². The zero-order valence-electron chi connectivity index (χ0n) is 13.8. The van der Waals surface area contributed by atoms with Crippen LogP contribution in [-0.2, 0) is 11.3 Å². The third kappa shape index (κ3) is 4.19. The molecule has 1 rings (SSSR count). The Hall–Kier alpha value is -0.620. The summed E-state index contributed by atoms with van der Waals surface area (Å²) in [7, 11) is 4.01. The molecule has 1 heterocycles. The van der Waals surface area contributed by atoms with Gasteiger partial charge in [0.1, 0.15) is 6.10 Å². The summed E-state index contributed by atoms with van der Waals surface area (Å²) in [5, 5.41) is 15.7. The van der Waals surface area contributed by atoms with Crippen molar-refractivity contribution in [1.29, 1.82) is 0 Å². The Morgan fingerprint density at radius 2 is 2.00 bits per heavy atom. The van der Waals surface area contributed by atoms with E-state index in [9.17, 15) is 5.11 Å². The first-order chi connectivity index (χ1) is 9.91. The summed E-state index contributed by atoms with van der Waals surface area (Å²) in [6.07, 6.45) is 2.24. The quantitative estimate of drug-likeness (QED) is 0.761. The number of likely N-dealkylation sites (N-methyl/N-ethyl adjacent to an activating group) is 1. The number of aromatic nitrogens is 2. The molecule has 5 nitrogen and oxygen atoms in total. The van der Waals surface area contributed by atoms with Crippen molar-refractivity contribution in [3.05, 3.63) is 16.9 Å². The van der Waals surface area contributed by atoms with Crippen LogP contribution in [0.3, 0.4) is 0 Å². The minimum atomic E-state index is -0.787. The molecule has 0 aliphatic carbocycles. The zero-order chi connectivity index (χ0) is 16.0. The van der Waals surface area contributed by atoms with E-state index in [1.807, 2.05) is 34.9 Å². The molecule has 0 aromatic carbocycles. The lowest BCUT2D eigenvalue weighted by atomic mass is 9.88. The number of rotatable bonds is 9. The fourth-order valence-electron chi connectivity index (χ4n) is 2.57. The molecule has 0 bridgehead atoms. The number of ether oxygens (including phenoxy) is 1. The standard InChI is InChI=1S/C15H28ClN3O2/c1-6-15(7-2,21-8-3)14(20)13-12(16)11-17-19(13)10-9-18(4)5/h11,14,20H,6-10H2,1-5H3. The topological polar surface area (TPSA) is 50.5 Å². The average molecular weight is 318 g/mol. The second-order valence-electron chi connectivity index (χ2n) is 5.51. The number of nitrogens with zero attached hydrogens (tertiary/aromatic N) is 3. The third-order valence-electron chi connectivity index (χ3n) is 3.98. The van der Waals surface area contributed by atoms with Gasteiger partial charge in [0.05, 0.1) is 29.1 Å². The summed E-state index contributed by atoms with van der Waals surface area (Å²) in [6, 6.07) is 0. The maximum Gasteiger partial charge on any atom is 0.126 e. The van der Waals surface area contributed by atoms with Crippen LogP contribution in [0, 0.1) is 0 Å². The first-order valence-corrected chi connectivity index (χ1v) is 7.97. The Balaban J connectivity index is 3.09. The smallest absolute Gasteiger partial charge is 0.126 e. The summed E-state index contributed by atoms with van der Waals surface area (Å²) in [6.45, 7) is 8.06. The highest BCUT2D eigenvalue weighted by molar-refractivity contribution is 6.31. The minimum Gasteiger partial charge on any atom is -0.384 e. The fourth-order valence-corrected chi connectivity index (χ4v) is 2.82. The van der Waals surface area contributed by atoms with Crippen LogP contribution >= 0.6 is 11.6 Å². The van der Waals surface area contributed by atoms with Crippen molar-refractivity contribution in [2.24, 2.45) is 0 Å². The zero-order valence-corrected chi connectivity index (χ0v) is 14.5. The van der Waals surface area contributed by atoms with Gasteiger partial charge in [0.2, 0.25) is 0 Å². The van der Waals surface area contributed by atoms with Crippen molar-refractivity contribution in [3.63, 3.8) is 0 Å². The van der Waals surface area contributed by atoms with E-state index < -0.39 is 11.7 Å². The molecule has 1 unspecified atom stereocenters. The summed E-state index contributed by atoms with van der Waals surface area (Å²) in [5.41, 5.74) is 0.0320. The van der Waals surface area contributed by atoms with E-state index in [2.05, 4.69) is 10.00 Å². The van der Waals surface area contributed by atoms with Crippen LogP contribution in [0.2, 0.25) is 5.02 Å². The van der Waals surface area contributed by atoms with Crippen molar-refractivity contribution < 1.29 is 9.84 Å². The molecule has 0 aliphatic rings. The Labute approximate surface area is 132 Å². The molecule has 0 saturated carbocycles. The van der Waals surface area contributed by atoms with Gasteiger partial charge < -0.3 is 14.7 Å². The monoisotopic (exact) mass is 317 g/mol.